The average molecular weight is 498 g/mol. The van der Waals surface area contributed by atoms with Gasteiger partial charge >= 0.3 is 6.09 Å². The summed E-state index contributed by atoms with van der Waals surface area (Å²) in [5.41, 5.74) is 2.05. The summed E-state index contributed by atoms with van der Waals surface area (Å²) in [6.07, 6.45) is 1.65. The summed E-state index contributed by atoms with van der Waals surface area (Å²) in [4.78, 5) is 15.5. The van der Waals surface area contributed by atoms with Gasteiger partial charge in [0.05, 0.1) is 5.69 Å². The Morgan fingerprint density at radius 2 is 1.69 bits per heavy atom. The monoisotopic (exact) mass is 496 g/mol. The molecule has 4 rings (SSSR count). The quantitative estimate of drug-likeness (QED) is 0.498. The van der Waals surface area contributed by atoms with E-state index in [2.05, 4.69) is 60.4 Å². The zero-order valence-corrected chi connectivity index (χ0v) is 18.0. The van der Waals surface area contributed by atoms with Crippen LogP contribution in [-0.2, 0) is 11.3 Å². The minimum absolute atomic E-state index is 0.185. The number of nitrogens with zero attached hydrogens (tertiary/aromatic N) is 2. The van der Waals surface area contributed by atoms with Gasteiger partial charge in [-0.15, -0.1) is 0 Å². The highest BCUT2D eigenvalue weighted by molar-refractivity contribution is 9.10. The van der Waals surface area contributed by atoms with Crippen LogP contribution in [0.5, 0.6) is 0 Å². The van der Waals surface area contributed by atoms with Gasteiger partial charge in [-0.2, -0.15) is 0 Å². The number of rotatable bonds is 3. The number of hydrogen-bond acceptors (Lipinski definition) is 4. The lowest BCUT2D eigenvalue weighted by molar-refractivity contribution is 0.136. The fourth-order valence-corrected chi connectivity index (χ4v) is 5.02. The van der Waals surface area contributed by atoms with Gasteiger partial charge in [-0.25, -0.2) is 9.10 Å². The maximum atomic E-state index is 12.4. The molecule has 4 nitrogen and oxygen atoms in total. The second kappa shape index (κ2) is 7.92. The van der Waals surface area contributed by atoms with Crippen LogP contribution in [-0.4, -0.2) is 29.5 Å². The summed E-state index contributed by atoms with van der Waals surface area (Å²) in [6.45, 7) is 2.24. The van der Waals surface area contributed by atoms with Crippen molar-refractivity contribution >= 4 is 55.6 Å². The molecule has 2 aliphatic heterocycles. The van der Waals surface area contributed by atoms with Crippen LogP contribution in [0.15, 0.2) is 56.3 Å². The second-order valence-corrected chi connectivity index (χ2v) is 9.40. The van der Waals surface area contributed by atoms with E-state index < -0.39 is 0 Å². The Hall–Kier alpha value is -1.02. The number of carbonyl (C=O) groups is 1. The molecule has 0 spiro atoms. The first-order chi connectivity index (χ1) is 12.6. The van der Waals surface area contributed by atoms with Gasteiger partial charge in [0, 0.05) is 38.5 Å². The number of halogens is 2. The Labute approximate surface area is 174 Å². The molecule has 1 amide bonds. The molecule has 0 N–H and O–H groups in total. The van der Waals surface area contributed by atoms with Crippen molar-refractivity contribution in [2.75, 3.05) is 18.0 Å². The van der Waals surface area contributed by atoms with E-state index in [1.54, 1.807) is 11.9 Å². The summed E-state index contributed by atoms with van der Waals surface area (Å²) in [7, 11) is 0. The van der Waals surface area contributed by atoms with Crippen molar-refractivity contribution in [3.05, 3.63) is 57.0 Å². The van der Waals surface area contributed by atoms with E-state index in [1.807, 2.05) is 23.1 Å². The molecule has 0 atom stereocenters. The summed E-state index contributed by atoms with van der Waals surface area (Å²) in [6, 6.07) is 14.6. The van der Waals surface area contributed by atoms with Crippen molar-refractivity contribution in [2.24, 2.45) is 0 Å². The van der Waals surface area contributed by atoms with Crippen LogP contribution in [0.1, 0.15) is 18.4 Å². The molecule has 136 valence electrons. The van der Waals surface area contributed by atoms with Gasteiger partial charge in [-0.3, -0.25) is 4.90 Å². The Bertz CT molecular complexity index is 808. The molecule has 1 saturated heterocycles. The molecule has 2 aromatic rings. The molecule has 1 fully saturated rings. The smallest absolute Gasteiger partial charge is 0.414 e. The highest BCUT2D eigenvalue weighted by atomic mass is 79.9. The molecule has 26 heavy (non-hydrogen) atoms. The zero-order chi connectivity index (χ0) is 18.1. The van der Waals surface area contributed by atoms with E-state index in [9.17, 15) is 4.79 Å². The van der Waals surface area contributed by atoms with Crippen molar-refractivity contribution in [1.29, 1.82) is 0 Å². The summed E-state index contributed by atoms with van der Waals surface area (Å²) >= 11 is 8.75. The van der Waals surface area contributed by atoms with E-state index in [4.69, 9.17) is 4.74 Å². The van der Waals surface area contributed by atoms with E-state index >= 15 is 0 Å². The summed E-state index contributed by atoms with van der Waals surface area (Å²) < 4.78 is 9.88. The standard InChI is InChI=1S/C19H18Br2N2O2S/c20-14-1-4-17(5-2-14)26-22-9-7-16(8-10-22)23-18-6-3-15(21)11-13(18)12-25-19(23)24/h1-6,11,16H,7-10,12H2. The number of benzene rings is 2. The fourth-order valence-electron chi connectivity index (χ4n) is 3.39. The first-order valence-electron chi connectivity index (χ1n) is 8.53. The number of ether oxygens (including phenoxy) is 1. The average Bonchev–Trinajstić information content (AvgIpc) is 2.65. The van der Waals surface area contributed by atoms with Crippen molar-refractivity contribution < 1.29 is 9.53 Å². The van der Waals surface area contributed by atoms with E-state index in [0.717, 1.165) is 46.1 Å². The molecule has 2 heterocycles. The lowest BCUT2D eigenvalue weighted by atomic mass is 10.0. The van der Waals surface area contributed by atoms with E-state index in [-0.39, 0.29) is 12.1 Å². The molecule has 2 aromatic carbocycles. The predicted molar refractivity (Wildman–Crippen MR) is 111 cm³/mol. The Kier molecular flexibility index (Phi) is 5.59. The van der Waals surface area contributed by atoms with Crippen molar-refractivity contribution in [2.45, 2.75) is 30.4 Å². The number of cyclic esters (lactones) is 1. The fraction of sp³-hybridized carbons (Fsp3) is 0.316. The topological polar surface area (TPSA) is 32.8 Å². The Morgan fingerprint density at radius 3 is 2.42 bits per heavy atom. The van der Waals surface area contributed by atoms with E-state index in [1.165, 1.54) is 4.90 Å². The number of piperidine rings is 1. The maximum Gasteiger partial charge on any atom is 0.414 e. The van der Waals surface area contributed by atoms with Crippen LogP contribution in [0.25, 0.3) is 0 Å². The number of amides is 1. The number of fused-ring (bicyclic) bond motifs is 1. The van der Waals surface area contributed by atoms with Gasteiger partial charge in [-0.05, 0) is 67.3 Å². The number of carbonyl (C=O) groups excluding carboxylic acids is 1. The highest BCUT2D eigenvalue weighted by Crippen LogP contribution is 2.35. The Balaban J connectivity index is 1.43. The number of anilines is 1. The lowest BCUT2D eigenvalue weighted by Gasteiger charge is -2.39. The molecular weight excluding hydrogens is 480 g/mol. The molecule has 0 unspecified atom stereocenters. The van der Waals surface area contributed by atoms with Gasteiger partial charge in [-0.1, -0.05) is 31.9 Å². The zero-order valence-electron chi connectivity index (χ0n) is 14.0. The first-order valence-corrected chi connectivity index (χ1v) is 10.9. The molecule has 0 bridgehead atoms. The van der Waals surface area contributed by atoms with Gasteiger partial charge in [0.15, 0.2) is 0 Å². The van der Waals surface area contributed by atoms with E-state index in [0.29, 0.717) is 6.61 Å². The van der Waals surface area contributed by atoms with Crippen LogP contribution in [0.2, 0.25) is 0 Å². The molecular formula is C19H18Br2N2O2S. The van der Waals surface area contributed by atoms with Gasteiger partial charge in [0.25, 0.3) is 0 Å². The van der Waals surface area contributed by atoms with Crippen molar-refractivity contribution in [3.8, 4) is 0 Å². The second-order valence-electron chi connectivity index (χ2n) is 6.40. The van der Waals surface area contributed by atoms with Gasteiger partial charge in [0.1, 0.15) is 6.61 Å². The highest BCUT2D eigenvalue weighted by Gasteiger charge is 2.34. The Morgan fingerprint density at radius 1 is 1.00 bits per heavy atom. The van der Waals surface area contributed by atoms with Crippen molar-refractivity contribution in [1.82, 2.24) is 4.31 Å². The van der Waals surface area contributed by atoms with Crippen LogP contribution in [0, 0.1) is 0 Å². The minimum Gasteiger partial charge on any atom is -0.444 e. The SMILES string of the molecule is O=C1OCc2cc(Br)ccc2N1C1CCN(Sc2ccc(Br)cc2)CC1. The third-order valence-electron chi connectivity index (χ3n) is 4.69. The minimum atomic E-state index is -0.223. The maximum absolute atomic E-state index is 12.4. The van der Waals surface area contributed by atoms with Crippen molar-refractivity contribution in [3.63, 3.8) is 0 Å². The molecule has 0 aliphatic carbocycles. The molecule has 0 saturated carbocycles. The lowest BCUT2D eigenvalue weighted by Crippen LogP contribution is -2.48. The molecule has 0 aromatic heterocycles. The van der Waals surface area contributed by atoms with Gasteiger partial charge < -0.3 is 4.74 Å². The summed E-state index contributed by atoms with van der Waals surface area (Å²) in [5, 5.41) is 0. The van der Waals surface area contributed by atoms with Gasteiger partial charge in [0.2, 0.25) is 0 Å². The molecule has 2 aliphatic rings. The number of hydrogen-bond donors (Lipinski definition) is 0. The van der Waals surface area contributed by atoms with Crippen LogP contribution in [0.4, 0.5) is 10.5 Å². The molecule has 0 radical (unpaired) electrons. The normalized spacial score (nSPS) is 18.5. The van der Waals surface area contributed by atoms with Crippen LogP contribution >= 0.6 is 43.8 Å². The first kappa shape index (κ1) is 18.3. The van der Waals surface area contributed by atoms with Crippen LogP contribution in [0.3, 0.4) is 0 Å². The third-order valence-corrected chi connectivity index (χ3v) is 6.81. The summed E-state index contributed by atoms with van der Waals surface area (Å²) in [5.74, 6) is 0. The third kappa shape index (κ3) is 3.96. The predicted octanol–water partition coefficient (Wildman–Crippen LogP) is 5.84. The van der Waals surface area contributed by atoms with Crippen LogP contribution < -0.4 is 4.90 Å². The molecule has 7 heteroatoms. The largest absolute Gasteiger partial charge is 0.444 e.